The van der Waals surface area contributed by atoms with Crippen molar-refractivity contribution >= 4 is 0 Å². The molecule has 1 aromatic carbocycles. The number of hydrogen-bond donors (Lipinski definition) is 0. The molecule has 21 heavy (non-hydrogen) atoms. The predicted molar refractivity (Wildman–Crippen MR) is 84.1 cm³/mol. The minimum absolute atomic E-state index is 0.520. The first-order chi connectivity index (χ1) is 10.3. The molecular formula is C17H24N4. The van der Waals surface area contributed by atoms with Crippen molar-refractivity contribution in [3.8, 4) is 0 Å². The first kappa shape index (κ1) is 14.3. The van der Waals surface area contributed by atoms with Gasteiger partial charge in [-0.3, -0.25) is 4.90 Å². The summed E-state index contributed by atoms with van der Waals surface area (Å²) in [5.41, 5.74) is 2.73. The Labute approximate surface area is 126 Å². The lowest BCUT2D eigenvalue weighted by Gasteiger charge is -2.32. The van der Waals surface area contributed by atoms with Gasteiger partial charge in [-0.2, -0.15) is 0 Å². The van der Waals surface area contributed by atoms with Gasteiger partial charge < -0.3 is 4.57 Å². The van der Waals surface area contributed by atoms with Crippen LogP contribution in [0.4, 0.5) is 0 Å². The molecule has 3 rings (SSSR count). The van der Waals surface area contributed by atoms with E-state index in [4.69, 9.17) is 0 Å². The number of aromatic nitrogens is 3. The molecule has 0 spiro atoms. The van der Waals surface area contributed by atoms with Gasteiger partial charge in [0.05, 0.1) is 0 Å². The number of hydrogen-bond acceptors (Lipinski definition) is 3. The molecule has 0 saturated carbocycles. The fourth-order valence-corrected chi connectivity index (χ4v) is 3.19. The van der Waals surface area contributed by atoms with E-state index in [1.54, 1.807) is 0 Å². The van der Waals surface area contributed by atoms with E-state index in [1.807, 2.05) is 6.33 Å². The van der Waals surface area contributed by atoms with E-state index in [9.17, 15) is 0 Å². The van der Waals surface area contributed by atoms with Crippen LogP contribution in [0.25, 0.3) is 0 Å². The first-order valence-electron chi connectivity index (χ1n) is 7.92. The normalized spacial score (nSPS) is 19.8. The molecule has 0 unspecified atom stereocenters. The number of likely N-dealkylation sites (tertiary alicyclic amines) is 1. The van der Waals surface area contributed by atoms with Gasteiger partial charge in [0.15, 0.2) is 0 Å². The van der Waals surface area contributed by atoms with Gasteiger partial charge in [0.1, 0.15) is 12.2 Å². The Morgan fingerprint density at radius 2 is 2.05 bits per heavy atom. The monoisotopic (exact) mass is 284 g/mol. The van der Waals surface area contributed by atoms with Crippen LogP contribution in [0.1, 0.15) is 42.6 Å². The Hall–Kier alpha value is -1.68. The number of piperidine rings is 1. The molecular weight excluding hydrogens is 260 g/mol. The Morgan fingerprint density at radius 3 is 2.81 bits per heavy atom. The molecule has 1 aliphatic rings. The Bertz CT molecular complexity index is 573. The molecule has 2 heterocycles. The van der Waals surface area contributed by atoms with Crippen LogP contribution in [0.2, 0.25) is 0 Å². The van der Waals surface area contributed by atoms with Gasteiger partial charge in [-0.25, -0.2) is 0 Å². The van der Waals surface area contributed by atoms with Gasteiger partial charge >= 0.3 is 0 Å². The predicted octanol–water partition coefficient (Wildman–Crippen LogP) is 2.99. The van der Waals surface area contributed by atoms with Gasteiger partial charge in [0.25, 0.3) is 0 Å². The van der Waals surface area contributed by atoms with Crippen LogP contribution in [-0.4, -0.2) is 32.8 Å². The zero-order valence-electron chi connectivity index (χ0n) is 13.0. The highest BCUT2D eigenvalue weighted by Gasteiger charge is 2.24. The maximum absolute atomic E-state index is 4.35. The van der Waals surface area contributed by atoms with Crippen LogP contribution in [0.15, 0.2) is 30.6 Å². The Balaban J connectivity index is 1.67. The van der Waals surface area contributed by atoms with Gasteiger partial charge in [0.2, 0.25) is 0 Å². The summed E-state index contributed by atoms with van der Waals surface area (Å²) in [4.78, 5) is 2.55. The molecule has 0 bridgehead atoms. The van der Waals surface area contributed by atoms with Crippen molar-refractivity contribution in [2.24, 2.45) is 0 Å². The Kier molecular flexibility index (Phi) is 4.34. The minimum atomic E-state index is 0.520. The van der Waals surface area contributed by atoms with E-state index in [0.717, 1.165) is 25.5 Å². The molecule has 1 fully saturated rings. The van der Waals surface area contributed by atoms with Gasteiger partial charge in [0, 0.05) is 25.6 Å². The standard InChI is InChI=1S/C17H24N4/c1-3-21-13-18-19-17(21)16-5-4-10-20(12-16)11-15-8-6-14(2)7-9-15/h6-9,13,16H,3-5,10-12H2,1-2H3/t16-/m1/s1. The van der Waals surface area contributed by atoms with Crippen molar-refractivity contribution in [3.05, 3.63) is 47.5 Å². The second-order valence-corrected chi connectivity index (χ2v) is 6.04. The zero-order valence-corrected chi connectivity index (χ0v) is 13.0. The smallest absolute Gasteiger partial charge is 0.137 e. The molecule has 2 aromatic rings. The van der Waals surface area contributed by atoms with Crippen LogP contribution in [0.5, 0.6) is 0 Å². The molecule has 1 saturated heterocycles. The fraction of sp³-hybridized carbons (Fsp3) is 0.529. The molecule has 1 aliphatic heterocycles. The average Bonchev–Trinajstić information content (AvgIpc) is 2.98. The quantitative estimate of drug-likeness (QED) is 0.865. The van der Waals surface area contributed by atoms with E-state index >= 15 is 0 Å². The number of aryl methyl sites for hydroxylation is 2. The van der Waals surface area contributed by atoms with Crippen molar-refractivity contribution in [1.29, 1.82) is 0 Å². The third kappa shape index (κ3) is 3.32. The van der Waals surface area contributed by atoms with E-state index in [2.05, 4.69) is 57.8 Å². The minimum Gasteiger partial charge on any atom is -0.318 e. The molecule has 0 aliphatic carbocycles. The third-order valence-corrected chi connectivity index (χ3v) is 4.38. The van der Waals surface area contributed by atoms with E-state index in [1.165, 1.54) is 30.5 Å². The highest BCUT2D eigenvalue weighted by Crippen LogP contribution is 2.26. The van der Waals surface area contributed by atoms with E-state index in [-0.39, 0.29) is 0 Å². The van der Waals surface area contributed by atoms with Gasteiger partial charge in [-0.05, 0) is 38.8 Å². The molecule has 1 atom stereocenters. The summed E-state index contributed by atoms with van der Waals surface area (Å²) in [6.45, 7) is 8.56. The zero-order chi connectivity index (χ0) is 14.7. The summed E-state index contributed by atoms with van der Waals surface area (Å²) in [5, 5.41) is 8.43. The van der Waals surface area contributed by atoms with E-state index in [0.29, 0.717) is 5.92 Å². The number of benzene rings is 1. The largest absolute Gasteiger partial charge is 0.318 e. The summed E-state index contributed by atoms with van der Waals surface area (Å²) in [6, 6.07) is 8.88. The third-order valence-electron chi connectivity index (χ3n) is 4.38. The van der Waals surface area contributed by atoms with Crippen molar-refractivity contribution in [2.75, 3.05) is 13.1 Å². The SMILES string of the molecule is CCn1cnnc1[C@@H]1CCCN(Cc2ccc(C)cc2)C1. The topological polar surface area (TPSA) is 34.0 Å². The van der Waals surface area contributed by atoms with Crippen molar-refractivity contribution in [2.45, 2.75) is 45.7 Å². The molecule has 0 radical (unpaired) electrons. The van der Waals surface area contributed by atoms with Gasteiger partial charge in [-0.1, -0.05) is 29.8 Å². The Morgan fingerprint density at radius 1 is 1.24 bits per heavy atom. The molecule has 112 valence electrons. The highest BCUT2D eigenvalue weighted by molar-refractivity contribution is 5.21. The second-order valence-electron chi connectivity index (χ2n) is 6.04. The van der Waals surface area contributed by atoms with Crippen molar-refractivity contribution < 1.29 is 0 Å². The summed E-state index contributed by atoms with van der Waals surface area (Å²) >= 11 is 0. The summed E-state index contributed by atoms with van der Waals surface area (Å²) in [7, 11) is 0. The second kappa shape index (κ2) is 6.39. The molecule has 1 aromatic heterocycles. The lowest BCUT2D eigenvalue weighted by molar-refractivity contribution is 0.194. The fourth-order valence-electron chi connectivity index (χ4n) is 3.19. The van der Waals surface area contributed by atoms with Crippen LogP contribution >= 0.6 is 0 Å². The van der Waals surface area contributed by atoms with Crippen LogP contribution in [0.3, 0.4) is 0 Å². The van der Waals surface area contributed by atoms with E-state index < -0.39 is 0 Å². The van der Waals surface area contributed by atoms with Crippen LogP contribution in [0, 0.1) is 6.92 Å². The maximum atomic E-state index is 4.35. The van der Waals surface area contributed by atoms with Gasteiger partial charge in [-0.15, -0.1) is 10.2 Å². The molecule has 4 heteroatoms. The summed E-state index contributed by atoms with van der Waals surface area (Å²) < 4.78 is 2.18. The van der Waals surface area contributed by atoms with Crippen LogP contribution in [-0.2, 0) is 13.1 Å². The number of rotatable bonds is 4. The molecule has 0 N–H and O–H groups in total. The molecule has 0 amide bonds. The first-order valence-corrected chi connectivity index (χ1v) is 7.92. The summed E-state index contributed by atoms with van der Waals surface area (Å²) in [6.07, 6.45) is 4.32. The van der Waals surface area contributed by atoms with Crippen LogP contribution < -0.4 is 0 Å². The van der Waals surface area contributed by atoms with Crippen molar-refractivity contribution in [3.63, 3.8) is 0 Å². The lowest BCUT2D eigenvalue weighted by Crippen LogP contribution is -2.34. The highest BCUT2D eigenvalue weighted by atomic mass is 15.3. The summed E-state index contributed by atoms with van der Waals surface area (Å²) in [5.74, 6) is 1.68. The lowest BCUT2D eigenvalue weighted by atomic mass is 9.96. The number of nitrogens with zero attached hydrogens (tertiary/aromatic N) is 4. The molecule has 4 nitrogen and oxygen atoms in total. The van der Waals surface area contributed by atoms with Crippen molar-refractivity contribution in [1.82, 2.24) is 19.7 Å². The average molecular weight is 284 g/mol. The maximum Gasteiger partial charge on any atom is 0.137 e.